The second-order valence-corrected chi connectivity index (χ2v) is 24.7. The number of ether oxygens (including phenoxy) is 3. The van der Waals surface area contributed by atoms with E-state index in [-0.39, 0.29) is 31.1 Å². The molecule has 2 atom stereocenters. The summed E-state index contributed by atoms with van der Waals surface area (Å²) in [5.41, 5.74) is 0. The first kappa shape index (κ1) is 72.4. The largest absolute Gasteiger partial charge is 0.462 e. The van der Waals surface area contributed by atoms with Gasteiger partial charge in [0.1, 0.15) is 13.2 Å². The van der Waals surface area contributed by atoms with Crippen molar-refractivity contribution in [1.29, 1.82) is 0 Å². The fraction of sp³-hybridized carbons (Fsp3) is 0.956. The average Bonchev–Trinajstić information content (AvgIpc) is 3.38. The molecule has 0 aromatic carbocycles. The number of hydrogen-bond acceptors (Lipinski definition) is 6. The molecule has 0 rings (SSSR count). The van der Waals surface area contributed by atoms with E-state index in [0.29, 0.717) is 19.3 Å². The van der Waals surface area contributed by atoms with Gasteiger partial charge in [-0.05, 0) is 37.0 Å². The highest BCUT2D eigenvalue weighted by Gasteiger charge is 2.20. The Balaban J connectivity index is 4.24. The van der Waals surface area contributed by atoms with Crippen LogP contribution in [0.5, 0.6) is 0 Å². The SMILES string of the molecule is CCC(C)CCCCCCCCCCCCCCCCCCCCC(=O)O[C@H](COC(=O)CCCCCCCCCCCCCCCCCCCCC(C)C)COC(=O)CCCCCCCCCCCCC(C)C. The van der Waals surface area contributed by atoms with Crippen molar-refractivity contribution >= 4 is 17.9 Å². The lowest BCUT2D eigenvalue weighted by atomic mass is 9.99. The van der Waals surface area contributed by atoms with E-state index in [1.54, 1.807) is 0 Å². The molecule has 0 aromatic rings. The van der Waals surface area contributed by atoms with Crippen molar-refractivity contribution < 1.29 is 28.6 Å². The van der Waals surface area contributed by atoms with Crippen molar-refractivity contribution in [3.8, 4) is 0 Å². The van der Waals surface area contributed by atoms with Gasteiger partial charge in [-0.3, -0.25) is 14.4 Å². The van der Waals surface area contributed by atoms with Crippen LogP contribution in [0.1, 0.15) is 382 Å². The molecule has 0 aromatic heterocycles. The summed E-state index contributed by atoms with van der Waals surface area (Å²) in [5.74, 6) is 1.75. The molecule has 0 aliphatic rings. The molecule has 440 valence electrons. The van der Waals surface area contributed by atoms with Gasteiger partial charge in [-0.15, -0.1) is 0 Å². The number of carbonyl (C=O) groups excluding carboxylic acids is 3. The Morgan fingerprint density at radius 1 is 0.270 bits per heavy atom. The molecule has 0 saturated heterocycles. The van der Waals surface area contributed by atoms with E-state index in [4.69, 9.17) is 14.2 Å². The van der Waals surface area contributed by atoms with Crippen molar-refractivity contribution in [3.63, 3.8) is 0 Å². The predicted octanol–water partition coefficient (Wildman–Crippen LogP) is 22.6. The molecule has 0 radical (unpaired) electrons. The molecule has 0 fully saturated rings. The van der Waals surface area contributed by atoms with E-state index >= 15 is 0 Å². The Morgan fingerprint density at radius 3 is 0.703 bits per heavy atom. The Labute approximate surface area is 463 Å². The molecule has 0 bridgehead atoms. The molecular weight excluding hydrogens is 913 g/mol. The molecule has 0 amide bonds. The minimum atomic E-state index is -0.765. The summed E-state index contributed by atoms with van der Waals surface area (Å²) in [5, 5.41) is 0. The van der Waals surface area contributed by atoms with Gasteiger partial charge >= 0.3 is 17.9 Å². The molecule has 0 aliphatic heterocycles. The van der Waals surface area contributed by atoms with Crippen LogP contribution in [0.4, 0.5) is 0 Å². The second-order valence-electron chi connectivity index (χ2n) is 24.7. The third kappa shape index (κ3) is 59.7. The summed E-state index contributed by atoms with van der Waals surface area (Å²) in [6.07, 6.45) is 65.4. The fourth-order valence-electron chi connectivity index (χ4n) is 10.6. The minimum absolute atomic E-state index is 0.0624. The van der Waals surface area contributed by atoms with Crippen LogP contribution in [0.25, 0.3) is 0 Å². The Hall–Kier alpha value is -1.59. The normalized spacial score (nSPS) is 12.5. The van der Waals surface area contributed by atoms with Crippen LogP contribution in [0.15, 0.2) is 0 Å². The molecule has 0 saturated carbocycles. The van der Waals surface area contributed by atoms with E-state index in [9.17, 15) is 14.4 Å². The molecule has 0 spiro atoms. The highest BCUT2D eigenvalue weighted by Crippen LogP contribution is 2.20. The van der Waals surface area contributed by atoms with Gasteiger partial charge in [-0.1, -0.05) is 343 Å². The standard InChI is InChI=1S/C68H132O6/c1-7-64(6)56-50-44-38-32-25-21-17-13-9-11-15-19-23-27-35-41-47-53-59-68(71)74-65(61-73-67(70)58-52-46-40-34-29-28-31-37-43-49-55-63(4)5)60-72-66(69)57-51-45-39-33-26-22-18-14-10-8-12-16-20-24-30-36-42-48-54-62(2)3/h62-65H,7-61H2,1-6H3/t64?,65-/m1/s1. The van der Waals surface area contributed by atoms with Gasteiger partial charge in [0.25, 0.3) is 0 Å². The molecular formula is C68H132O6. The molecule has 74 heavy (non-hydrogen) atoms. The zero-order chi connectivity index (χ0) is 54.1. The van der Waals surface area contributed by atoms with Crippen LogP contribution in [-0.2, 0) is 28.6 Å². The Bertz CT molecular complexity index is 1150. The molecule has 6 heteroatoms. The summed E-state index contributed by atoms with van der Waals surface area (Å²) in [6, 6.07) is 0. The maximum absolute atomic E-state index is 12.9. The monoisotopic (exact) mass is 1050 g/mol. The summed E-state index contributed by atoms with van der Waals surface area (Å²) in [7, 11) is 0. The molecule has 0 heterocycles. The number of carbonyl (C=O) groups is 3. The Kier molecular flexibility index (Phi) is 57.8. The third-order valence-corrected chi connectivity index (χ3v) is 16.0. The molecule has 6 nitrogen and oxygen atoms in total. The summed E-state index contributed by atoms with van der Waals surface area (Å²) in [6.45, 7) is 13.9. The van der Waals surface area contributed by atoms with Crippen molar-refractivity contribution in [2.45, 2.75) is 388 Å². The second kappa shape index (κ2) is 59.1. The van der Waals surface area contributed by atoms with Gasteiger partial charge < -0.3 is 14.2 Å². The molecule has 0 N–H and O–H groups in total. The number of rotatable bonds is 61. The van der Waals surface area contributed by atoms with Gasteiger partial charge in [0.15, 0.2) is 6.10 Å². The maximum Gasteiger partial charge on any atom is 0.306 e. The molecule has 0 aliphatic carbocycles. The third-order valence-electron chi connectivity index (χ3n) is 16.0. The summed E-state index contributed by atoms with van der Waals surface area (Å²) < 4.78 is 17.0. The van der Waals surface area contributed by atoms with Gasteiger partial charge in [0, 0.05) is 19.3 Å². The summed E-state index contributed by atoms with van der Waals surface area (Å²) >= 11 is 0. The predicted molar refractivity (Wildman–Crippen MR) is 321 cm³/mol. The lowest BCUT2D eigenvalue weighted by molar-refractivity contribution is -0.167. The zero-order valence-electron chi connectivity index (χ0n) is 51.1. The lowest BCUT2D eigenvalue weighted by Crippen LogP contribution is -2.30. The average molecular weight is 1050 g/mol. The molecule has 1 unspecified atom stereocenters. The van der Waals surface area contributed by atoms with Crippen molar-refractivity contribution in [2.75, 3.05) is 13.2 Å². The topological polar surface area (TPSA) is 78.9 Å². The first-order valence-electron chi connectivity index (χ1n) is 33.6. The highest BCUT2D eigenvalue weighted by atomic mass is 16.6. The zero-order valence-corrected chi connectivity index (χ0v) is 51.1. The van der Waals surface area contributed by atoms with Crippen LogP contribution >= 0.6 is 0 Å². The van der Waals surface area contributed by atoms with E-state index < -0.39 is 6.10 Å². The van der Waals surface area contributed by atoms with Gasteiger partial charge in [0.05, 0.1) is 0 Å². The van der Waals surface area contributed by atoms with Gasteiger partial charge in [-0.25, -0.2) is 0 Å². The Morgan fingerprint density at radius 2 is 0.473 bits per heavy atom. The van der Waals surface area contributed by atoms with Crippen LogP contribution in [0.2, 0.25) is 0 Å². The van der Waals surface area contributed by atoms with Crippen LogP contribution < -0.4 is 0 Å². The highest BCUT2D eigenvalue weighted by molar-refractivity contribution is 5.71. The van der Waals surface area contributed by atoms with Crippen LogP contribution in [-0.4, -0.2) is 37.2 Å². The first-order valence-corrected chi connectivity index (χ1v) is 33.6. The van der Waals surface area contributed by atoms with Crippen molar-refractivity contribution in [1.82, 2.24) is 0 Å². The van der Waals surface area contributed by atoms with E-state index in [1.165, 1.54) is 263 Å². The first-order chi connectivity index (χ1) is 36.1. The van der Waals surface area contributed by atoms with Gasteiger partial charge in [0.2, 0.25) is 0 Å². The smallest absolute Gasteiger partial charge is 0.306 e. The maximum atomic E-state index is 12.9. The van der Waals surface area contributed by atoms with E-state index in [2.05, 4.69) is 41.5 Å². The van der Waals surface area contributed by atoms with Crippen molar-refractivity contribution in [3.05, 3.63) is 0 Å². The van der Waals surface area contributed by atoms with E-state index in [1.807, 2.05) is 0 Å². The number of hydrogen-bond donors (Lipinski definition) is 0. The van der Waals surface area contributed by atoms with E-state index in [0.717, 1.165) is 75.5 Å². The summed E-state index contributed by atoms with van der Waals surface area (Å²) in [4.78, 5) is 38.4. The quantitative estimate of drug-likeness (QED) is 0.0343. The van der Waals surface area contributed by atoms with Crippen molar-refractivity contribution in [2.24, 2.45) is 17.8 Å². The minimum Gasteiger partial charge on any atom is -0.462 e. The van der Waals surface area contributed by atoms with Gasteiger partial charge in [-0.2, -0.15) is 0 Å². The number of unbranched alkanes of at least 4 members (excludes halogenated alkanes) is 43. The lowest BCUT2D eigenvalue weighted by Gasteiger charge is -2.18. The van der Waals surface area contributed by atoms with Crippen LogP contribution in [0, 0.1) is 17.8 Å². The number of esters is 3. The fourth-order valence-corrected chi connectivity index (χ4v) is 10.6. The van der Waals surface area contributed by atoms with Crippen LogP contribution in [0.3, 0.4) is 0 Å².